The fourth-order valence-corrected chi connectivity index (χ4v) is 7.79. The van der Waals surface area contributed by atoms with Crippen molar-refractivity contribution in [1.29, 1.82) is 0 Å². The third kappa shape index (κ3) is 3.86. The van der Waals surface area contributed by atoms with Gasteiger partial charge in [0.1, 0.15) is 11.1 Å². The van der Waals surface area contributed by atoms with Crippen LogP contribution >= 0.6 is 0 Å². The molecule has 0 saturated heterocycles. The number of para-hydroxylation sites is 2. The van der Waals surface area contributed by atoms with E-state index in [0.29, 0.717) is 17.5 Å². The summed E-state index contributed by atoms with van der Waals surface area (Å²) in [5.74, 6) is 1.91. The lowest BCUT2D eigenvalue weighted by atomic mass is 9.92. The van der Waals surface area contributed by atoms with Gasteiger partial charge in [0.2, 0.25) is 0 Å². The van der Waals surface area contributed by atoms with E-state index < -0.39 is 0 Å². The molecule has 0 N–H and O–H groups in total. The van der Waals surface area contributed by atoms with E-state index in [1.165, 1.54) is 21.5 Å². The Labute approximate surface area is 286 Å². The molecule has 0 fully saturated rings. The zero-order chi connectivity index (χ0) is 32.8. The van der Waals surface area contributed by atoms with Gasteiger partial charge in [0.05, 0.1) is 16.4 Å². The zero-order valence-corrected chi connectivity index (χ0v) is 26.7. The topological polar surface area (TPSA) is 56.2 Å². The summed E-state index contributed by atoms with van der Waals surface area (Å²) in [6.07, 6.45) is 0. The van der Waals surface area contributed by atoms with Gasteiger partial charge in [0, 0.05) is 32.8 Å². The van der Waals surface area contributed by atoms with Crippen molar-refractivity contribution in [3.05, 3.63) is 158 Å². The molecule has 5 heteroatoms. The van der Waals surface area contributed by atoms with Crippen molar-refractivity contribution in [3.63, 3.8) is 0 Å². The van der Waals surface area contributed by atoms with Crippen molar-refractivity contribution in [2.45, 2.75) is 0 Å². The molecule has 50 heavy (non-hydrogen) atoms. The molecule has 4 aromatic heterocycles. The summed E-state index contributed by atoms with van der Waals surface area (Å²) in [6, 6.07) is 54.8. The van der Waals surface area contributed by atoms with Gasteiger partial charge in [0.25, 0.3) is 0 Å². The Kier molecular flexibility index (Phi) is 5.60. The van der Waals surface area contributed by atoms with Crippen LogP contribution in [0.25, 0.3) is 105 Å². The van der Waals surface area contributed by atoms with Crippen molar-refractivity contribution >= 4 is 60.0 Å². The highest BCUT2D eigenvalue weighted by Gasteiger charge is 2.24. The van der Waals surface area contributed by atoms with Crippen LogP contribution in [0, 0.1) is 0 Å². The molecule has 11 aromatic rings. The Morgan fingerprint density at radius 1 is 0.400 bits per heavy atom. The summed E-state index contributed by atoms with van der Waals surface area (Å²) in [5, 5.41) is 7.05. The minimum Gasteiger partial charge on any atom is -0.454 e. The van der Waals surface area contributed by atoms with Crippen molar-refractivity contribution in [1.82, 2.24) is 19.4 Å². The lowest BCUT2D eigenvalue weighted by Crippen LogP contribution is -2.00. The zero-order valence-electron chi connectivity index (χ0n) is 26.7. The van der Waals surface area contributed by atoms with E-state index in [9.17, 15) is 0 Å². The SMILES string of the molecule is c1ccc(-c2nc(-c3ccccc3)nc(-c3cccc(-c4cc5oc6c7ccccc7n7c8ccccc8c8cccc4c8c5c67)c3)n2)cc1. The van der Waals surface area contributed by atoms with E-state index >= 15 is 0 Å². The van der Waals surface area contributed by atoms with Gasteiger partial charge in [-0.25, -0.2) is 15.0 Å². The van der Waals surface area contributed by atoms with Gasteiger partial charge >= 0.3 is 0 Å². The Bertz CT molecular complexity index is 3030. The molecule has 4 heterocycles. The number of fused-ring (bicyclic) bond motifs is 6. The maximum atomic E-state index is 6.85. The van der Waals surface area contributed by atoms with Crippen LogP contribution in [0.2, 0.25) is 0 Å². The molecule has 0 amide bonds. The smallest absolute Gasteiger partial charge is 0.164 e. The third-order valence-electron chi connectivity index (χ3n) is 9.97. The lowest BCUT2D eigenvalue weighted by molar-refractivity contribution is 0.673. The molecule has 0 spiro atoms. The predicted octanol–water partition coefficient (Wildman–Crippen LogP) is 11.6. The molecule has 0 unspecified atom stereocenters. The van der Waals surface area contributed by atoms with E-state index in [4.69, 9.17) is 19.4 Å². The highest BCUT2D eigenvalue weighted by molar-refractivity contribution is 6.33. The van der Waals surface area contributed by atoms with Crippen LogP contribution in [0.15, 0.2) is 162 Å². The van der Waals surface area contributed by atoms with Crippen molar-refractivity contribution in [3.8, 4) is 45.3 Å². The lowest BCUT2D eigenvalue weighted by Gasteiger charge is -2.12. The predicted molar refractivity (Wildman–Crippen MR) is 204 cm³/mol. The first-order chi connectivity index (χ1) is 24.8. The van der Waals surface area contributed by atoms with Crippen LogP contribution < -0.4 is 0 Å². The Morgan fingerprint density at radius 3 is 1.64 bits per heavy atom. The maximum absolute atomic E-state index is 6.85. The van der Waals surface area contributed by atoms with Crippen LogP contribution in [0.5, 0.6) is 0 Å². The highest BCUT2D eigenvalue weighted by atomic mass is 16.3. The van der Waals surface area contributed by atoms with E-state index in [1.54, 1.807) is 0 Å². The van der Waals surface area contributed by atoms with Gasteiger partial charge in [-0.3, -0.25) is 0 Å². The van der Waals surface area contributed by atoms with Crippen LogP contribution in [0.3, 0.4) is 0 Å². The quantitative estimate of drug-likeness (QED) is 0.192. The highest BCUT2D eigenvalue weighted by Crippen LogP contribution is 2.47. The molecule has 0 saturated carbocycles. The van der Waals surface area contributed by atoms with Gasteiger partial charge in [-0.15, -0.1) is 0 Å². The molecule has 0 radical (unpaired) electrons. The third-order valence-corrected chi connectivity index (χ3v) is 9.97. The Morgan fingerprint density at radius 2 is 0.920 bits per heavy atom. The average molecular weight is 639 g/mol. The van der Waals surface area contributed by atoms with Crippen molar-refractivity contribution < 1.29 is 4.42 Å². The Hall–Kier alpha value is -6.85. The second kappa shape index (κ2) is 10.3. The number of furan rings is 1. The molecule has 0 aliphatic heterocycles. The number of aromatic nitrogens is 4. The van der Waals surface area contributed by atoms with Gasteiger partial charge < -0.3 is 8.82 Å². The summed E-state index contributed by atoms with van der Waals surface area (Å²) in [4.78, 5) is 14.9. The van der Waals surface area contributed by atoms with E-state index in [-0.39, 0.29) is 0 Å². The van der Waals surface area contributed by atoms with Crippen molar-refractivity contribution in [2.24, 2.45) is 0 Å². The van der Waals surface area contributed by atoms with Gasteiger partial charge in [-0.2, -0.15) is 0 Å². The van der Waals surface area contributed by atoms with Crippen LogP contribution in [0.1, 0.15) is 0 Å². The standard InChI is InChI=1S/C45H26N4O/c1-3-13-27(14-4-1)43-46-44(28-15-5-2-6-16-28)48-45(47-43)30-18-11-17-29(25-30)35-26-38-40-39-32(21-12-22-33(35)39)31-19-7-9-23-36(31)49-37-24-10-8-20-34(37)42(50-38)41(40)49/h1-26H. The first kappa shape index (κ1) is 27.1. The molecular formula is C45H26N4O. The summed E-state index contributed by atoms with van der Waals surface area (Å²) >= 11 is 0. The molecule has 0 aliphatic rings. The number of hydrogen-bond donors (Lipinski definition) is 0. The first-order valence-corrected chi connectivity index (χ1v) is 16.8. The summed E-state index contributed by atoms with van der Waals surface area (Å²) in [6.45, 7) is 0. The average Bonchev–Trinajstić information content (AvgIpc) is 3.68. The number of rotatable bonds is 4. The van der Waals surface area contributed by atoms with Gasteiger partial charge in [0.15, 0.2) is 23.1 Å². The monoisotopic (exact) mass is 638 g/mol. The first-order valence-electron chi connectivity index (χ1n) is 16.8. The molecule has 0 bridgehead atoms. The molecule has 5 nitrogen and oxygen atoms in total. The minimum absolute atomic E-state index is 0.627. The number of nitrogens with zero attached hydrogens (tertiary/aromatic N) is 4. The molecule has 0 atom stereocenters. The van der Waals surface area contributed by atoms with Gasteiger partial charge in [-0.1, -0.05) is 127 Å². The number of benzene rings is 7. The van der Waals surface area contributed by atoms with Crippen LogP contribution in [-0.4, -0.2) is 19.4 Å². The van der Waals surface area contributed by atoms with E-state index in [1.807, 2.05) is 60.7 Å². The fraction of sp³-hybridized carbons (Fsp3) is 0. The second-order valence-corrected chi connectivity index (χ2v) is 12.8. The largest absolute Gasteiger partial charge is 0.454 e. The molecular weight excluding hydrogens is 613 g/mol. The summed E-state index contributed by atoms with van der Waals surface area (Å²) < 4.78 is 9.24. The van der Waals surface area contributed by atoms with Crippen LogP contribution in [0.4, 0.5) is 0 Å². The minimum atomic E-state index is 0.627. The molecule has 11 rings (SSSR count). The van der Waals surface area contributed by atoms with E-state index in [2.05, 4.69) is 101 Å². The van der Waals surface area contributed by atoms with Crippen molar-refractivity contribution in [2.75, 3.05) is 0 Å². The Balaban J connectivity index is 1.19. The molecule has 232 valence electrons. The number of hydrogen-bond acceptors (Lipinski definition) is 4. The summed E-state index contributed by atoms with van der Waals surface area (Å²) in [5.41, 5.74) is 10.2. The normalized spacial score (nSPS) is 12.0. The summed E-state index contributed by atoms with van der Waals surface area (Å²) in [7, 11) is 0. The maximum Gasteiger partial charge on any atom is 0.164 e. The fourth-order valence-electron chi connectivity index (χ4n) is 7.79. The van der Waals surface area contributed by atoms with E-state index in [0.717, 1.165) is 66.3 Å². The van der Waals surface area contributed by atoms with Gasteiger partial charge in [-0.05, 0) is 52.2 Å². The second-order valence-electron chi connectivity index (χ2n) is 12.8. The molecule has 0 aliphatic carbocycles. The van der Waals surface area contributed by atoms with Crippen LogP contribution in [-0.2, 0) is 0 Å². The molecule has 7 aromatic carbocycles.